The number of nitrogens with zero attached hydrogens (tertiary/aromatic N) is 1. The average Bonchev–Trinajstić information content (AvgIpc) is 3.31. The number of ether oxygens (including phenoxy) is 1. The minimum Gasteiger partial charge on any atom is -0.465 e. The van der Waals surface area contributed by atoms with E-state index in [1.165, 1.54) is 13.2 Å². The van der Waals surface area contributed by atoms with E-state index in [0.717, 1.165) is 0 Å². The second-order valence-corrected chi connectivity index (χ2v) is 6.90. The summed E-state index contributed by atoms with van der Waals surface area (Å²) in [4.78, 5) is 15.9. The van der Waals surface area contributed by atoms with Crippen LogP contribution in [0.3, 0.4) is 0 Å². The van der Waals surface area contributed by atoms with Crippen molar-refractivity contribution in [3.8, 4) is 0 Å². The van der Waals surface area contributed by atoms with Crippen molar-refractivity contribution >= 4 is 32.6 Å². The molecule has 110 valence electrons. The molecule has 21 heavy (non-hydrogen) atoms. The molecule has 1 aromatic heterocycles. The van der Waals surface area contributed by atoms with E-state index in [1.807, 2.05) is 0 Å². The van der Waals surface area contributed by atoms with Gasteiger partial charge < -0.3 is 4.74 Å². The van der Waals surface area contributed by atoms with Crippen LogP contribution in [-0.2, 0) is 14.8 Å². The molecule has 1 aliphatic rings. The van der Waals surface area contributed by atoms with E-state index in [9.17, 15) is 13.2 Å². The van der Waals surface area contributed by atoms with Crippen LogP contribution in [0.15, 0.2) is 30.5 Å². The monoisotopic (exact) mass is 306 g/mol. The standard InChI is InChI=1S/C14H14N2O4S/c1-20-14(17)10-7-9-3-2-6-15-13(9)12(8-10)16-21(18,19)11-4-5-11/h2-3,6-8,11,16H,4-5H2,1H3. The van der Waals surface area contributed by atoms with Gasteiger partial charge in [-0.1, -0.05) is 6.07 Å². The average molecular weight is 306 g/mol. The first kappa shape index (κ1) is 13.8. The van der Waals surface area contributed by atoms with E-state index in [2.05, 4.69) is 9.71 Å². The summed E-state index contributed by atoms with van der Waals surface area (Å²) in [5.74, 6) is -0.521. The van der Waals surface area contributed by atoms with Crippen LogP contribution in [0.1, 0.15) is 23.2 Å². The predicted octanol–water partition coefficient (Wildman–Crippen LogP) is 1.93. The largest absolute Gasteiger partial charge is 0.465 e. The zero-order valence-corrected chi connectivity index (χ0v) is 12.2. The van der Waals surface area contributed by atoms with Gasteiger partial charge in [0, 0.05) is 11.6 Å². The lowest BCUT2D eigenvalue weighted by molar-refractivity contribution is 0.0601. The molecular formula is C14H14N2O4S. The lowest BCUT2D eigenvalue weighted by Gasteiger charge is -2.11. The molecule has 6 nitrogen and oxygen atoms in total. The number of nitrogens with one attached hydrogen (secondary N) is 1. The molecule has 1 aromatic carbocycles. The van der Waals surface area contributed by atoms with Gasteiger partial charge in [0.15, 0.2) is 0 Å². The fourth-order valence-electron chi connectivity index (χ4n) is 2.12. The van der Waals surface area contributed by atoms with Gasteiger partial charge in [0.25, 0.3) is 0 Å². The highest BCUT2D eigenvalue weighted by atomic mass is 32.2. The van der Waals surface area contributed by atoms with Crippen molar-refractivity contribution in [1.82, 2.24) is 4.98 Å². The molecule has 0 bridgehead atoms. The highest BCUT2D eigenvalue weighted by Crippen LogP contribution is 2.32. The number of rotatable bonds is 4. The van der Waals surface area contributed by atoms with Crippen LogP contribution in [0.2, 0.25) is 0 Å². The SMILES string of the molecule is COC(=O)c1cc(NS(=O)(=O)C2CC2)c2ncccc2c1. The van der Waals surface area contributed by atoms with Gasteiger partial charge in [-0.05, 0) is 31.0 Å². The smallest absolute Gasteiger partial charge is 0.337 e. The van der Waals surface area contributed by atoms with Crippen molar-refractivity contribution in [2.45, 2.75) is 18.1 Å². The van der Waals surface area contributed by atoms with Crippen LogP contribution < -0.4 is 4.72 Å². The van der Waals surface area contributed by atoms with Crippen molar-refractivity contribution in [2.75, 3.05) is 11.8 Å². The van der Waals surface area contributed by atoms with Crippen molar-refractivity contribution < 1.29 is 17.9 Å². The Morgan fingerprint density at radius 3 is 2.81 bits per heavy atom. The Labute approximate surface area is 122 Å². The molecule has 7 heteroatoms. The summed E-state index contributed by atoms with van der Waals surface area (Å²) in [6.07, 6.45) is 2.91. The normalized spacial score (nSPS) is 14.9. The van der Waals surface area contributed by atoms with Crippen LogP contribution in [0, 0.1) is 0 Å². The number of hydrogen-bond acceptors (Lipinski definition) is 5. The van der Waals surface area contributed by atoms with E-state index in [-0.39, 0.29) is 10.8 Å². The number of sulfonamides is 1. The molecule has 0 spiro atoms. The molecule has 1 aliphatic carbocycles. The summed E-state index contributed by atoms with van der Waals surface area (Å²) in [6, 6.07) is 6.58. The van der Waals surface area contributed by atoms with Crippen LogP contribution in [-0.4, -0.2) is 31.7 Å². The molecule has 1 fully saturated rings. The summed E-state index contributed by atoms with van der Waals surface area (Å²) >= 11 is 0. The van der Waals surface area contributed by atoms with Gasteiger partial charge in [-0.25, -0.2) is 13.2 Å². The second-order valence-electron chi connectivity index (χ2n) is 4.94. The number of pyridine rings is 1. The minimum absolute atomic E-state index is 0.284. The maximum Gasteiger partial charge on any atom is 0.337 e. The first-order valence-electron chi connectivity index (χ1n) is 6.50. The quantitative estimate of drug-likeness (QED) is 0.872. The van der Waals surface area contributed by atoms with Crippen LogP contribution in [0.25, 0.3) is 10.9 Å². The predicted molar refractivity (Wildman–Crippen MR) is 78.6 cm³/mol. The van der Waals surface area contributed by atoms with Crippen LogP contribution in [0.4, 0.5) is 5.69 Å². The third-order valence-electron chi connectivity index (χ3n) is 3.34. The fourth-order valence-corrected chi connectivity index (χ4v) is 3.51. The Kier molecular flexibility index (Phi) is 3.29. The maximum atomic E-state index is 12.1. The number of fused-ring (bicyclic) bond motifs is 1. The minimum atomic E-state index is -3.42. The third kappa shape index (κ3) is 2.69. The topological polar surface area (TPSA) is 85.4 Å². The Morgan fingerprint density at radius 2 is 2.14 bits per heavy atom. The molecule has 2 aromatic rings. The molecule has 0 unspecified atom stereocenters. The van der Waals surface area contributed by atoms with E-state index >= 15 is 0 Å². The lowest BCUT2D eigenvalue weighted by Crippen LogP contribution is -2.18. The summed E-state index contributed by atoms with van der Waals surface area (Å²) in [6.45, 7) is 0. The van der Waals surface area contributed by atoms with E-state index in [0.29, 0.717) is 29.4 Å². The zero-order chi connectivity index (χ0) is 15.0. The lowest BCUT2D eigenvalue weighted by atomic mass is 10.1. The number of carbonyl (C=O) groups is 1. The summed E-state index contributed by atoms with van der Waals surface area (Å²) in [7, 11) is -2.14. The molecule has 1 saturated carbocycles. The number of esters is 1. The van der Waals surface area contributed by atoms with Gasteiger partial charge in [0.1, 0.15) is 0 Å². The molecular weight excluding hydrogens is 292 g/mol. The maximum absolute atomic E-state index is 12.1. The first-order valence-corrected chi connectivity index (χ1v) is 8.04. The molecule has 0 radical (unpaired) electrons. The van der Waals surface area contributed by atoms with Crippen LogP contribution >= 0.6 is 0 Å². The highest BCUT2D eigenvalue weighted by molar-refractivity contribution is 7.93. The van der Waals surface area contributed by atoms with Gasteiger partial charge >= 0.3 is 5.97 Å². The van der Waals surface area contributed by atoms with Crippen molar-refractivity contribution in [3.63, 3.8) is 0 Å². The molecule has 0 amide bonds. The highest BCUT2D eigenvalue weighted by Gasteiger charge is 2.36. The van der Waals surface area contributed by atoms with Crippen LogP contribution in [0.5, 0.6) is 0 Å². The number of methoxy groups -OCH3 is 1. The summed E-state index contributed by atoms with van der Waals surface area (Å²) in [5.41, 5.74) is 1.10. The zero-order valence-electron chi connectivity index (χ0n) is 11.4. The fraction of sp³-hybridized carbons (Fsp3) is 0.286. The van der Waals surface area contributed by atoms with Crippen molar-refractivity contribution in [1.29, 1.82) is 0 Å². The number of aromatic nitrogens is 1. The molecule has 1 heterocycles. The molecule has 0 saturated heterocycles. The van der Waals surface area contributed by atoms with E-state index in [1.54, 1.807) is 24.4 Å². The van der Waals surface area contributed by atoms with E-state index in [4.69, 9.17) is 4.74 Å². The van der Waals surface area contributed by atoms with Gasteiger partial charge in [-0.2, -0.15) is 0 Å². The molecule has 0 aliphatic heterocycles. The molecule has 0 atom stereocenters. The van der Waals surface area contributed by atoms with E-state index < -0.39 is 16.0 Å². The van der Waals surface area contributed by atoms with Crippen molar-refractivity contribution in [3.05, 3.63) is 36.0 Å². The van der Waals surface area contributed by atoms with Gasteiger partial charge in [0.2, 0.25) is 10.0 Å². The second kappa shape index (κ2) is 5.00. The number of benzene rings is 1. The van der Waals surface area contributed by atoms with Gasteiger partial charge in [0.05, 0.1) is 29.1 Å². The number of carbonyl (C=O) groups excluding carboxylic acids is 1. The van der Waals surface area contributed by atoms with Gasteiger partial charge in [-0.15, -0.1) is 0 Å². The Morgan fingerprint density at radius 1 is 1.38 bits per heavy atom. The molecule has 1 N–H and O–H groups in total. The summed E-state index contributed by atoms with van der Waals surface area (Å²) in [5, 5.41) is 0.326. The Bertz CT molecular complexity index is 813. The molecule has 3 rings (SSSR count). The Balaban J connectivity index is 2.12. The Hall–Kier alpha value is -2.15. The number of anilines is 1. The third-order valence-corrected chi connectivity index (χ3v) is 5.19. The number of hydrogen-bond donors (Lipinski definition) is 1. The summed E-state index contributed by atoms with van der Waals surface area (Å²) < 4.78 is 31.4. The van der Waals surface area contributed by atoms with Crippen molar-refractivity contribution in [2.24, 2.45) is 0 Å². The first-order chi connectivity index (χ1) is 10.0. The van der Waals surface area contributed by atoms with Gasteiger partial charge in [-0.3, -0.25) is 9.71 Å².